The van der Waals surface area contributed by atoms with Gasteiger partial charge in [0.1, 0.15) is 19.2 Å². The number of nitrogens with zero attached hydrogens (tertiary/aromatic N) is 5. The summed E-state index contributed by atoms with van der Waals surface area (Å²) in [5, 5.41) is 17.9. The van der Waals surface area contributed by atoms with Crippen LogP contribution in [0.25, 0.3) is 0 Å². The van der Waals surface area contributed by atoms with Gasteiger partial charge in [-0.15, -0.1) is 0 Å². The molecule has 0 aliphatic rings. The minimum absolute atomic E-state index is 0.00191. The molecule has 1 amide bonds. The molecule has 0 fully saturated rings. The van der Waals surface area contributed by atoms with Crippen LogP contribution in [0, 0.1) is 10.1 Å². The van der Waals surface area contributed by atoms with Crippen molar-refractivity contribution >= 4 is 28.5 Å². The second-order valence-electron chi connectivity index (χ2n) is 3.32. The first kappa shape index (κ1) is 12.8. The van der Waals surface area contributed by atoms with Gasteiger partial charge in [-0.3, -0.25) is 14.9 Å². The quantitative estimate of drug-likeness (QED) is 0.483. The lowest BCUT2D eigenvalue weighted by Crippen LogP contribution is -2.23. The van der Waals surface area contributed by atoms with Gasteiger partial charge in [-0.25, -0.2) is 15.1 Å². The summed E-state index contributed by atoms with van der Waals surface area (Å²) in [7, 11) is 0. The zero-order valence-electron chi connectivity index (χ0n) is 9.46. The van der Waals surface area contributed by atoms with Crippen molar-refractivity contribution in [2.75, 3.05) is 0 Å². The largest absolute Gasteiger partial charge is 0.324 e. The summed E-state index contributed by atoms with van der Waals surface area (Å²) in [5.41, 5.74) is 2.29. The fourth-order valence-electron chi connectivity index (χ4n) is 1.17. The number of hydrazone groups is 1. The molecule has 2 aromatic rings. The first-order valence-electron chi connectivity index (χ1n) is 5.03. The van der Waals surface area contributed by atoms with E-state index in [1.54, 1.807) is 6.07 Å². The number of rotatable bonds is 5. The standard InChI is InChI=1S/C9H8N6O3S/c16-8(4-14-6-10-5-12-14)13-11-3-7-1-2-9(19-7)15(17)18/h1-3,5-6H,4H2,(H,13,16). The summed E-state index contributed by atoms with van der Waals surface area (Å²) in [6.07, 6.45) is 4.07. The second kappa shape index (κ2) is 5.82. The number of hydrogen-bond acceptors (Lipinski definition) is 7. The lowest BCUT2D eigenvalue weighted by atomic mass is 10.5. The lowest BCUT2D eigenvalue weighted by Gasteiger charge is -1.98. The first-order valence-corrected chi connectivity index (χ1v) is 5.85. The van der Waals surface area contributed by atoms with Gasteiger partial charge in [0.25, 0.3) is 5.91 Å². The van der Waals surface area contributed by atoms with Crippen LogP contribution in [-0.2, 0) is 11.3 Å². The molecule has 2 heterocycles. The van der Waals surface area contributed by atoms with Crippen molar-refractivity contribution < 1.29 is 9.72 Å². The van der Waals surface area contributed by atoms with E-state index >= 15 is 0 Å². The van der Waals surface area contributed by atoms with Gasteiger partial charge in [-0.05, 0) is 6.07 Å². The Balaban J connectivity index is 1.85. The lowest BCUT2D eigenvalue weighted by molar-refractivity contribution is -0.380. The van der Waals surface area contributed by atoms with Gasteiger partial charge >= 0.3 is 5.00 Å². The number of carbonyl (C=O) groups is 1. The number of amides is 1. The Hall–Kier alpha value is -2.62. The number of nitro groups is 1. The van der Waals surface area contributed by atoms with Crippen LogP contribution >= 0.6 is 11.3 Å². The third-order valence-electron chi connectivity index (χ3n) is 1.95. The van der Waals surface area contributed by atoms with E-state index in [1.165, 1.54) is 29.6 Å². The van der Waals surface area contributed by atoms with Crippen molar-refractivity contribution in [3.63, 3.8) is 0 Å². The van der Waals surface area contributed by atoms with E-state index in [2.05, 4.69) is 20.6 Å². The molecule has 0 saturated heterocycles. The van der Waals surface area contributed by atoms with Crippen molar-refractivity contribution in [1.82, 2.24) is 20.2 Å². The highest BCUT2D eigenvalue weighted by molar-refractivity contribution is 7.16. The van der Waals surface area contributed by atoms with Crippen LogP contribution in [0.3, 0.4) is 0 Å². The van der Waals surface area contributed by atoms with Crippen LogP contribution in [0.2, 0.25) is 0 Å². The molecule has 0 aromatic carbocycles. The molecule has 9 nitrogen and oxygen atoms in total. The monoisotopic (exact) mass is 280 g/mol. The molecule has 0 atom stereocenters. The minimum Gasteiger partial charge on any atom is -0.271 e. The topological polar surface area (TPSA) is 115 Å². The van der Waals surface area contributed by atoms with Gasteiger partial charge in [0.15, 0.2) is 0 Å². The number of hydrogen-bond donors (Lipinski definition) is 1. The second-order valence-corrected chi connectivity index (χ2v) is 4.41. The maximum absolute atomic E-state index is 11.4. The van der Waals surface area contributed by atoms with E-state index in [4.69, 9.17) is 0 Å². The van der Waals surface area contributed by atoms with Gasteiger partial charge in [0, 0.05) is 6.07 Å². The van der Waals surface area contributed by atoms with Gasteiger partial charge in [0.2, 0.25) is 0 Å². The average molecular weight is 280 g/mol. The molecule has 0 aliphatic heterocycles. The van der Waals surface area contributed by atoms with Crippen LogP contribution < -0.4 is 5.43 Å². The van der Waals surface area contributed by atoms with Crippen LogP contribution in [0.4, 0.5) is 5.00 Å². The number of aromatic nitrogens is 3. The molecule has 10 heteroatoms. The predicted octanol–water partition coefficient (Wildman–Crippen LogP) is 0.398. The highest BCUT2D eigenvalue weighted by Gasteiger charge is 2.08. The van der Waals surface area contributed by atoms with Crippen molar-refractivity contribution in [3.05, 3.63) is 39.8 Å². The van der Waals surface area contributed by atoms with Crippen molar-refractivity contribution in [2.45, 2.75) is 6.54 Å². The van der Waals surface area contributed by atoms with E-state index in [9.17, 15) is 14.9 Å². The molecule has 98 valence electrons. The molecule has 0 radical (unpaired) electrons. The molecule has 2 rings (SSSR count). The average Bonchev–Trinajstić information content (AvgIpc) is 3.00. The molecule has 19 heavy (non-hydrogen) atoms. The van der Waals surface area contributed by atoms with Crippen molar-refractivity contribution in [2.24, 2.45) is 5.10 Å². The SMILES string of the molecule is O=C(Cn1cncn1)NN=Cc1ccc([N+](=O)[O-])s1. The number of thiophene rings is 1. The maximum Gasteiger partial charge on any atom is 0.324 e. The van der Waals surface area contributed by atoms with Gasteiger partial charge in [-0.1, -0.05) is 11.3 Å². The summed E-state index contributed by atoms with van der Waals surface area (Å²) >= 11 is 0.971. The van der Waals surface area contributed by atoms with Gasteiger partial charge < -0.3 is 0 Å². The fraction of sp³-hybridized carbons (Fsp3) is 0.111. The van der Waals surface area contributed by atoms with E-state index in [0.717, 1.165) is 11.3 Å². The van der Waals surface area contributed by atoms with Crippen molar-refractivity contribution in [3.8, 4) is 0 Å². The molecular weight excluding hydrogens is 272 g/mol. The zero-order chi connectivity index (χ0) is 13.7. The zero-order valence-corrected chi connectivity index (χ0v) is 10.3. The minimum atomic E-state index is -0.481. The molecule has 1 N–H and O–H groups in total. The van der Waals surface area contributed by atoms with E-state index in [1.807, 2.05) is 0 Å². The third kappa shape index (κ3) is 3.67. The van der Waals surface area contributed by atoms with Crippen LogP contribution in [0.5, 0.6) is 0 Å². The Morgan fingerprint density at radius 2 is 2.47 bits per heavy atom. The molecule has 0 spiro atoms. The van der Waals surface area contributed by atoms with E-state index < -0.39 is 4.92 Å². The van der Waals surface area contributed by atoms with Crippen LogP contribution in [-0.4, -0.2) is 31.8 Å². The first-order chi connectivity index (χ1) is 9.15. The summed E-state index contributed by atoms with van der Waals surface area (Å²) in [5.74, 6) is -0.368. The molecular formula is C9H8N6O3S. The molecule has 0 saturated carbocycles. The maximum atomic E-state index is 11.4. The molecule has 0 unspecified atom stereocenters. The van der Waals surface area contributed by atoms with E-state index in [-0.39, 0.29) is 17.5 Å². The smallest absolute Gasteiger partial charge is 0.271 e. The van der Waals surface area contributed by atoms with E-state index in [0.29, 0.717) is 4.88 Å². The molecule has 0 bridgehead atoms. The van der Waals surface area contributed by atoms with Gasteiger partial charge in [-0.2, -0.15) is 10.2 Å². The van der Waals surface area contributed by atoms with Crippen LogP contribution in [0.1, 0.15) is 4.88 Å². The Labute approximate surface area is 110 Å². The van der Waals surface area contributed by atoms with Gasteiger partial charge in [0.05, 0.1) is 16.0 Å². The summed E-state index contributed by atoms with van der Waals surface area (Å²) in [4.78, 5) is 25.6. The number of nitrogens with one attached hydrogen (secondary N) is 1. The highest BCUT2D eigenvalue weighted by Crippen LogP contribution is 2.22. The molecule has 2 aromatic heterocycles. The Morgan fingerprint density at radius 1 is 1.63 bits per heavy atom. The summed E-state index contributed by atoms with van der Waals surface area (Å²) in [6, 6.07) is 2.93. The fourth-order valence-corrected chi connectivity index (χ4v) is 1.87. The normalized spacial score (nSPS) is 10.7. The van der Waals surface area contributed by atoms with Crippen LogP contribution in [0.15, 0.2) is 29.9 Å². The summed E-state index contributed by atoms with van der Waals surface area (Å²) in [6.45, 7) is 0.00191. The van der Waals surface area contributed by atoms with Crippen molar-refractivity contribution in [1.29, 1.82) is 0 Å². The Bertz CT molecular complexity index is 605. The predicted molar refractivity (Wildman–Crippen MR) is 66.7 cm³/mol. The highest BCUT2D eigenvalue weighted by atomic mass is 32.1. The Morgan fingerprint density at radius 3 is 3.11 bits per heavy atom. The number of carbonyl (C=O) groups excluding carboxylic acids is 1. The third-order valence-corrected chi connectivity index (χ3v) is 2.92. The molecule has 0 aliphatic carbocycles. The summed E-state index contributed by atoms with van der Waals surface area (Å²) < 4.78 is 1.35. The Kier molecular flexibility index (Phi) is 3.93.